The highest BCUT2D eigenvalue weighted by atomic mass is 32.2. The van der Waals surface area contributed by atoms with Crippen LogP contribution in [0.25, 0.3) is 0 Å². The Bertz CT molecular complexity index is 586. The summed E-state index contributed by atoms with van der Waals surface area (Å²) < 4.78 is 26.2. The van der Waals surface area contributed by atoms with E-state index in [0.717, 1.165) is 0 Å². The van der Waals surface area contributed by atoms with Gasteiger partial charge in [0.25, 0.3) is 0 Å². The normalized spacial score (nSPS) is 11.0. The van der Waals surface area contributed by atoms with E-state index in [1.807, 2.05) is 13.8 Å². The third-order valence-electron chi connectivity index (χ3n) is 2.45. The Morgan fingerprint density at radius 1 is 1.45 bits per heavy atom. The number of rotatable bonds is 6. The van der Waals surface area contributed by atoms with E-state index in [1.165, 1.54) is 6.20 Å². The number of aromatic nitrogens is 1. The van der Waals surface area contributed by atoms with Gasteiger partial charge in [0.15, 0.2) is 0 Å². The minimum absolute atomic E-state index is 0.00672. The standard InChI is InChI=1S/C14H20N2O3S/c1-12(2)7-10-20(18,19)16-14-11-13(6-8-15-14)5-3-4-9-17/h6,8,11-12,17H,4,7,9-10H2,1-2H3,(H,15,16). The van der Waals surface area contributed by atoms with Crippen LogP contribution in [0.1, 0.15) is 32.3 Å². The van der Waals surface area contributed by atoms with E-state index in [9.17, 15) is 8.42 Å². The lowest BCUT2D eigenvalue weighted by Crippen LogP contribution is -2.18. The van der Waals surface area contributed by atoms with Gasteiger partial charge in [0.1, 0.15) is 5.82 Å². The maximum absolute atomic E-state index is 11.9. The van der Waals surface area contributed by atoms with E-state index in [4.69, 9.17) is 5.11 Å². The Kier molecular flexibility index (Phi) is 6.49. The summed E-state index contributed by atoms with van der Waals surface area (Å²) in [6.07, 6.45) is 2.49. The molecular formula is C14H20N2O3S. The first kappa shape index (κ1) is 16.5. The Labute approximate surface area is 120 Å². The lowest BCUT2D eigenvalue weighted by molar-refractivity contribution is 0.305. The van der Waals surface area contributed by atoms with Crippen molar-refractivity contribution in [2.45, 2.75) is 26.7 Å². The number of aliphatic hydroxyl groups is 1. The van der Waals surface area contributed by atoms with Crippen LogP contribution in [0.2, 0.25) is 0 Å². The van der Waals surface area contributed by atoms with E-state index in [0.29, 0.717) is 24.3 Å². The molecule has 1 heterocycles. The smallest absolute Gasteiger partial charge is 0.233 e. The average molecular weight is 296 g/mol. The molecule has 0 saturated carbocycles. The molecule has 20 heavy (non-hydrogen) atoms. The molecule has 1 aromatic rings. The highest BCUT2D eigenvalue weighted by Gasteiger charge is 2.12. The molecule has 2 N–H and O–H groups in total. The fourth-order valence-electron chi connectivity index (χ4n) is 1.39. The molecule has 0 aliphatic carbocycles. The SMILES string of the molecule is CC(C)CCS(=O)(=O)Nc1cc(C#CCCO)ccn1. The van der Waals surface area contributed by atoms with E-state index < -0.39 is 10.0 Å². The van der Waals surface area contributed by atoms with Gasteiger partial charge in [0, 0.05) is 18.2 Å². The molecule has 0 fully saturated rings. The fourth-order valence-corrected chi connectivity index (χ4v) is 2.70. The molecule has 0 aliphatic rings. The lowest BCUT2D eigenvalue weighted by Gasteiger charge is -2.08. The van der Waals surface area contributed by atoms with E-state index in [-0.39, 0.29) is 18.2 Å². The zero-order valence-electron chi connectivity index (χ0n) is 11.8. The first-order valence-electron chi connectivity index (χ1n) is 6.49. The molecule has 0 saturated heterocycles. The molecule has 0 bridgehead atoms. The van der Waals surface area contributed by atoms with E-state index in [2.05, 4.69) is 21.5 Å². The van der Waals surface area contributed by atoms with Gasteiger partial charge in [-0.05, 0) is 24.5 Å². The third-order valence-corrected chi connectivity index (χ3v) is 3.75. The maximum atomic E-state index is 11.9. The molecule has 0 amide bonds. The number of nitrogens with one attached hydrogen (secondary N) is 1. The summed E-state index contributed by atoms with van der Waals surface area (Å²) in [6.45, 7) is 3.96. The lowest BCUT2D eigenvalue weighted by atomic mass is 10.2. The van der Waals surface area contributed by atoms with Gasteiger partial charge >= 0.3 is 0 Å². The summed E-state index contributed by atoms with van der Waals surface area (Å²) >= 11 is 0. The molecule has 0 aromatic carbocycles. The molecule has 5 nitrogen and oxygen atoms in total. The first-order valence-corrected chi connectivity index (χ1v) is 8.14. The largest absolute Gasteiger partial charge is 0.395 e. The van der Waals surface area contributed by atoms with E-state index >= 15 is 0 Å². The predicted octanol–water partition coefficient (Wildman–Crippen LogP) is 1.60. The maximum Gasteiger partial charge on any atom is 0.233 e. The van der Waals surface area contributed by atoms with Gasteiger partial charge in [0.05, 0.1) is 12.4 Å². The van der Waals surface area contributed by atoms with E-state index in [1.54, 1.807) is 12.1 Å². The van der Waals surface area contributed by atoms with Crippen molar-refractivity contribution in [3.63, 3.8) is 0 Å². The summed E-state index contributed by atoms with van der Waals surface area (Å²) in [7, 11) is -3.37. The van der Waals surface area contributed by atoms with Gasteiger partial charge < -0.3 is 5.11 Å². The van der Waals surface area contributed by atoms with Crippen LogP contribution in [0.15, 0.2) is 18.3 Å². The summed E-state index contributed by atoms with van der Waals surface area (Å²) in [4.78, 5) is 3.97. The van der Waals surface area contributed by atoms with Crippen LogP contribution < -0.4 is 4.72 Å². The minimum Gasteiger partial charge on any atom is -0.395 e. The van der Waals surface area contributed by atoms with Crippen LogP contribution in [0, 0.1) is 17.8 Å². The molecular weight excluding hydrogens is 276 g/mol. The van der Waals surface area contributed by atoms with Gasteiger partial charge in [-0.2, -0.15) is 0 Å². The molecule has 1 aromatic heterocycles. The van der Waals surface area contributed by atoms with Crippen molar-refractivity contribution in [3.8, 4) is 11.8 Å². The molecule has 0 spiro atoms. The number of aliphatic hydroxyl groups excluding tert-OH is 1. The molecule has 6 heteroatoms. The van der Waals surface area contributed by atoms with Crippen molar-refractivity contribution in [1.29, 1.82) is 0 Å². The number of hydrogen-bond acceptors (Lipinski definition) is 4. The second-order valence-electron chi connectivity index (χ2n) is 4.81. The number of hydrogen-bond donors (Lipinski definition) is 2. The van der Waals surface area contributed by atoms with Crippen LogP contribution in [0.3, 0.4) is 0 Å². The second kappa shape index (κ2) is 7.88. The highest BCUT2D eigenvalue weighted by Crippen LogP contribution is 2.10. The molecule has 1 rings (SSSR count). The predicted molar refractivity (Wildman–Crippen MR) is 79.7 cm³/mol. The summed E-state index contributed by atoms with van der Waals surface area (Å²) in [5, 5.41) is 8.65. The Hall–Kier alpha value is -1.58. The van der Waals surface area contributed by atoms with Crippen molar-refractivity contribution in [2.75, 3.05) is 17.1 Å². The molecule has 0 atom stereocenters. The zero-order valence-corrected chi connectivity index (χ0v) is 12.6. The Morgan fingerprint density at radius 2 is 2.20 bits per heavy atom. The van der Waals surface area contributed by atoms with Crippen LogP contribution in [0.4, 0.5) is 5.82 Å². The van der Waals surface area contributed by atoms with Crippen LogP contribution >= 0.6 is 0 Å². The number of nitrogens with zero attached hydrogens (tertiary/aromatic N) is 1. The number of sulfonamides is 1. The third kappa shape index (κ3) is 6.55. The summed E-state index contributed by atoms with van der Waals surface area (Å²) in [5.41, 5.74) is 0.662. The van der Waals surface area contributed by atoms with Gasteiger partial charge in [-0.3, -0.25) is 4.72 Å². The van der Waals surface area contributed by atoms with Crippen molar-refractivity contribution in [2.24, 2.45) is 5.92 Å². The minimum atomic E-state index is -3.37. The average Bonchev–Trinajstić information content (AvgIpc) is 2.37. The van der Waals surface area contributed by atoms with Crippen molar-refractivity contribution < 1.29 is 13.5 Å². The second-order valence-corrected chi connectivity index (χ2v) is 6.65. The van der Waals surface area contributed by atoms with Crippen molar-refractivity contribution in [3.05, 3.63) is 23.9 Å². The molecule has 0 unspecified atom stereocenters. The zero-order chi connectivity index (χ0) is 15.0. The van der Waals surface area contributed by atoms with Gasteiger partial charge in [0.2, 0.25) is 10.0 Å². The van der Waals surface area contributed by atoms with Crippen LogP contribution in [-0.2, 0) is 10.0 Å². The fraction of sp³-hybridized carbons (Fsp3) is 0.500. The van der Waals surface area contributed by atoms with Crippen LogP contribution in [-0.4, -0.2) is 30.9 Å². The van der Waals surface area contributed by atoms with Gasteiger partial charge in [-0.25, -0.2) is 13.4 Å². The topological polar surface area (TPSA) is 79.3 Å². The number of anilines is 1. The number of pyridine rings is 1. The highest BCUT2D eigenvalue weighted by molar-refractivity contribution is 7.92. The monoisotopic (exact) mass is 296 g/mol. The molecule has 0 radical (unpaired) electrons. The van der Waals surface area contributed by atoms with Gasteiger partial charge in [-0.15, -0.1) is 0 Å². The quantitative estimate of drug-likeness (QED) is 0.782. The molecule has 0 aliphatic heterocycles. The summed E-state index contributed by atoms with van der Waals surface area (Å²) in [5.74, 6) is 6.29. The first-order chi connectivity index (χ1) is 9.43. The van der Waals surface area contributed by atoms with Crippen molar-refractivity contribution >= 4 is 15.8 Å². The summed E-state index contributed by atoms with van der Waals surface area (Å²) in [6, 6.07) is 3.27. The molecule has 110 valence electrons. The van der Waals surface area contributed by atoms with Crippen molar-refractivity contribution in [1.82, 2.24) is 4.98 Å². The Balaban J connectivity index is 2.73. The van der Waals surface area contributed by atoms with Gasteiger partial charge in [-0.1, -0.05) is 25.7 Å². The Morgan fingerprint density at radius 3 is 2.85 bits per heavy atom. The van der Waals surface area contributed by atoms with Crippen LogP contribution in [0.5, 0.6) is 0 Å².